The van der Waals surface area contributed by atoms with Gasteiger partial charge in [0, 0.05) is 5.56 Å². The molecule has 1 N–H and O–H groups in total. The van der Waals surface area contributed by atoms with Crippen molar-refractivity contribution in [1.29, 1.82) is 0 Å². The number of anilines is 1. The van der Waals surface area contributed by atoms with Crippen LogP contribution in [0.3, 0.4) is 0 Å². The molecule has 1 aliphatic heterocycles. The fraction of sp³-hybridized carbons (Fsp3) is 0.0435. The third-order valence-corrected chi connectivity index (χ3v) is 4.41. The van der Waals surface area contributed by atoms with Crippen molar-refractivity contribution < 1.29 is 18.7 Å². The lowest BCUT2D eigenvalue weighted by Gasteiger charge is -2.14. The normalized spacial score (nSPS) is 14.9. The number of para-hydroxylation sites is 2. The van der Waals surface area contributed by atoms with Crippen LogP contribution in [0.2, 0.25) is 0 Å². The van der Waals surface area contributed by atoms with E-state index in [1.54, 1.807) is 60.7 Å². The molecule has 0 bridgehead atoms. The van der Waals surface area contributed by atoms with Crippen LogP contribution >= 0.6 is 0 Å². The SMILES string of the molecule is O=C1NN(c2ccccc2)C(=O)C1=Cc1ccccc1OCc1cccc(F)c1. The van der Waals surface area contributed by atoms with Gasteiger partial charge in [0.15, 0.2) is 0 Å². The lowest BCUT2D eigenvalue weighted by Crippen LogP contribution is -2.35. The molecule has 0 unspecified atom stereocenters. The number of ether oxygens (including phenoxy) is 1. The second-order valence-electron chi connectivity index (χ2n) is 6.43. The molecule has 1 saturated heterocycles. The number of halogens is 1. The molecule has 29 heavy (non-hydrogen) atoms. The fourth-order valence-corrected chi connectivity index (χ4v) is 2.99. The molecule has 3 aromatic carbocycles. The summed E-state index contributed by atoms with van der Waals surface area (Å²) in [6, 6.07) is 22.1. The minimum Gasteiger partial charge on any atom is -0.488 e. The third-order valence-electron chi connectivity index (χ3n) is 4.41. The van der Waals surface area contributed by atoms with Crippen molar-refractivity contribution in [2.45, 2.75) is 6.61 Å². The number of hydrazine groups is 1. The lowest BCUT2D eigenvalue weighted by molar-refractivity contribution is -0.117. The summed E-state index contributed by atoms with van der Waals surface area (Å²) in [5, 5.41) is 1.21. The average Bonchev–Trinajstić information content (AvgIpc) is 3.02. The van der Waals surface area contributed by atoms with Crippen molar-refractivity contribution in [1.82, 2.24) is 5.43 Å². The monoisotopic (exact) mass is 388 g/mol. The Morgan fingerprint density at radius 2 is 1.69 bits per heavy atom. The molecule has 0 atom stereocenters. The van der Waals surface area contributed by atoms with E-state index in [0.29, 0.717) is 22.6 Å². The summed E-state index contributed by atoms with van der Waals surface area (Å²) in [6.07, 6.45) is 1.50. The summed E-state index contributed by atoms with van der Waals surface area (Å²) in [6.45, 7) is 0.161. The van der Waals surface area contributed by atoms with Crippen molar-refractivity contribution in [3.05, 3.63) is 101 Å². The first-order valence-electron chi connectivity index (χ1n) is 9.00. The van der Waals surface area contributed by atoms with E-state index >= 15 is 0 Å². The van der Waals surface area contributed by atoms with Crippen LogP contribution in [0.5, 0.6) is 5.75 Å². The fourth-order valence-electron chi connectivity index (χ4n) is 2.99. The molecule has 0 saturated carbocycles. The van der Waals surface area contributed by atoms with E-state index in [1.807, 2.05) is 6.07 Å². The zero-order valence-electron chi connectivity index (χ0n) is 15.3. The van der Waals surface area contributed by atoms with Gasteiger partial charge in [-0.15, -0.1) is 0 Å². The standard InChI is InChI=1S/C23H17FN2O3/c24-18-9-6-7-16(13-18)15-29-21-12-5-4-8-17(21)14-20-22(27)25-26(23(20)28)19-10-2-1-3-11-19/h1-14H,15H2,(H,25,27). The van der Waals surface area contributed by atoms with Gasteiger partial charge in [0.1, 0.15) is 23.7 Å². The van der Waals surface area contributed by atoms with Gasteiger partial charge in [-0.1, -0.05) is 48.5 Å². The van der Waals surface area contributed by atoms with Crippen molar-refractivity contribution in [2.75, 3.05) is 5.01 Å². The maximum absolute atomic E-state index is 13.4. The zero-order valence-corrected chi connectivity index (χ0v) is 15.3. The van der Waals surface area contributed by atoms with Gasteiger partial charge in [0.2, 0.25) is 0 Å². The highest BCUT2D eigenvalue weighted by molar-refractivity contribution is 6.31. The van der Waals surface area contributed by atoms with Crippen LogP contribution < -0.4 is 15.2 Å². The third kappa shape index (κ3) is 4.01. The predicted octanol–water partition coefficient (Wildman–Crippen LogP) is 3.87. The molecule has 1 fully saturated rings. The molecule has 1 aliphatic rings. The first-order chi connectivity index (χ1) is 14.1. The summed E-state index contributed by atoms with van der Waals surface area (Å²) in [4.78, 5) is 25.1. The van der Waals surface area contributed by atoms with Gasteiger partial charge in [-0.3, -0.25) is 15.0 Å². The van der Waals surface area contributed by atoms with E-state index < -0.39 is 11.8 Å². The number of carbonyl (C=O) groups is 2. The Morgan fingerprint density at radius 3 is 2.48 bits per heavy atom. The summed E-state index contributed by atoms with van der Waals surface area (Å²) >= 11 is 0. The number of hydrogen-bond donors (Lipinski definition) is 1. The summed E-state index contributed by atoms with van der Waals surface area (Å²) in [5.41, 5.74) is 4.41. The molecule has 144 valence electrons. The summed E-state index contributed by atoms with van der Waals surface area (Å²) in [7, 11) is 0. The molecule has 0 spiro atoms. The number of carbonyl (C=O) groups excluding carboxylic acids is 2. The van der Waals surface area contributed by atoms with E-state index in [0.717, 1.165) is 0 Å². The highest BCUT2D eigenvalue weighted by Crippen LogP contribution is 2.26. The molecule has 1 heterocycles. The van der Waals surface area contributed by atoms with E-state index in [9.17, 15) is 14.0 Å². The second kappa shape index (κ2) is 7.98. The van der Waals surface area contributed by atoms with Crippen LogP contribution in [0.25, 0.3) is 6.08 Å². The Kier molecular flexibility index (Phi) is 5.07. The minimum absolute atomic E-state index is 0.00987. The van der Waals surface area contributed by atoms with Gasteiger partial charge < -0.3 is 4.74 Å². The highest BCUT2D eigenvalue weighted by atomic mass is 19.1. The molecule has 5 nitrogen and oxygen atoms in total. The van der Waals surface area contributed by atoms with Crippen LogP contribution in [0, 0.1) is 5.82 Å². The maximum Gasteiger partial charge on any atom is 0.282 e. The summed E-state index contributed by atoms with van der Waals surface area (Å²) < 4.78 is 19.2. The first-order valence-corrected chi connectivity index (χ1v) is 9.00. The van der Waals surface area contributed by atoms with E-state index in [2.05, 4.69) is 5.43 Å². The number of amides is 2. The van der Waals surface area contributed by atoms with Gasteiger partial charge in [-0.2, -0.15) is 0 Å². The zero-order chi connectivity index (χ0) is 20.2. The molecule has 2 amide bonds. The van der Waals surface area contributed by atoms with Crippen LogP contribution in [0.4, 0.5) is 10.1 Å². The second-order valence-corrected chi connectivity index (χ2v) is 6.43. The summed E-state index contributed by atoms with van der Waals surface area (Å²) in [5.74, 6) is -0.779. The van der Waals surface area contributed by atoms with Crippen molar-refractivity contribution in [3.63, 3.8) is 0 Å². The van der Waals surface area contributed by atoms with Crippen LogP contribution in [-0.4, -0.2) is 11.8 Å². The average molecular weight is 388 g/mol. The van der Waals surface area contributed by atoms with Crippen LogP contribution in [0.1, 0.15) is 11.1 Å². The van der Waals surface area contributed by atoms with Gasteiger partial charge in [0.25, 0.3) is 11.8 Å². The van der Waals surface area contributed by atoms with Crippen LogP contribution in [-0.2, 0) is 16.2 Å². The van der Waals surface area contributed by atoms with Crippen molar-refractivity contribution in [2.24, 2.45) is 0 Å². The van der Waals surface area contributed by atoms with Gasteiger partial charge >= 0.3 is 0 Å². The minimum atomic E-state index is -0.487. The largest absolute Gasteiger partial charge is 0.488 e. The van der Waals surface area contributed by atoms with Crippen molar-refractivity contribution >= 4 is 23.6 Å². The number of hydrogen-bond acceptors (Lipinski definition) is 3. The number of rotatable bonds is 5. The Balaban J connectivity index is 1.58. The number of nitrogens with zero attached hydrogens (tertiary/aromatic N) is 1. The van der Waals surface area contributed by atoms with E-state index in [4.69, 9.17) is 4.74 Å². The predicted molar refractivity (Wildman–Crippen MR) is 107 cm³/mol. The van der Waals surface area contributed by atoms with Gasteiger partial charge in [0.05, 0.1) is 5.69 Å². The molecular weight excluding hydrogens is 371 g/mol. The maximum atomic E-state index is 13.4. The Bertz CT molecular complexity index is 1100. The highest BCUT2D eigenvalue weighted by Gasteiger charge is 2.34. The van der Waals surface area contributed by atoms with Crippen LogP contribution in [0.15, 0.2) is 84.4 Å². The molecular formula is C23H17FN2O3. The van der Waals surface area contributed by atoms with E-state index in [-0.39, 0.29) is 18.0 Å². The molecule has 4 rings (SSSR count). The molecule has 3 aromatic rings. The van der Waals surface area contributed by atoms with Gasteiger partial charge in [-0.25, -0.2) is 9.40 Å². The smallest absolute Gasteiger partial charge is 0.282 e. The Labute approximate surface area is 167 Å². The molecule has 0 radical (unpaired) electrons. The molecule has 0 aliphatic carbocycles. The number of benzene rings is 3. The quantitative estimate of drug-likeness (QED) is 0.533. The first kappa shape index (κ1) is 18.4. The Morgan fingerprint density at radius 1 is 0.931 bits per heavy atom. The van der Waals surface area contributed by atoms with Gasteiger partial charge in [-0.05, 0) is 42.0 Å². The molecule has 6 heteroatoms. The number of nitrogens with one attached hydrogen (secondary N) is 1. The molecule has 0 aromatic heterocycles. The Hall–Kier alpha value is -3.93. The van der Waals surface area contributed by atoms with Crippen molar-refractivity contribution in [3.8, 4) is 5.75 Å². The van der Waals surface area contributed by atoms with E-state index in [1.165, 1.54) is 23.2 Å². The lowest BCUT2D eigenvalue weighted by atomic mass is 10.1. The topological polar surface area (TPSA) is 58.6 Å².